The molecule has 0 bridgehead atoms. The minimum absolute atomic E-state index is 0.123. The molecule has 2 heterocycles. The van der Waals surface area contributed by atoms with Crippen LogP contribution in [-0.4, -0.2) is 85.4 Å². The smallest absolute Gasteiger partial charge is 0.245 e. The molecule has 3 atom stereocenters. The molecule has 178 valence electrons. The van der Waals surface area contributed by atoms with E-state index in [2.05, 4.69) is 56.9 Å². The number of hydrogen-bond acceptors (Lipinski definition) is 4. The molecule has 3 rings (SSSR count). The van der Waals surface area contributed by atoms with E-state index in [4.69, 9.17) is 0 Å². The van der Waals surface area contributed by atoms with Gasteiger partial charge < -0.3 is 20.0 Å². The molecule has 0 aromatic heterocycles. The molecule has 2 saturated heterocycles. The van der Waals surface area contributed by atoms with E-state index in [0.717, 1.165) is 57.8 Å². The molecule has 2 amide bonds. The van der Waals surface area contributed by atoms with Crippen molar-refractivity contribution in [3.63, 3.8) is 0 Å². The van der Waals surface area contributed by atoms with Crippen LogP contribution in [-0.2, 0) is 9.59 Å². The van der Waals surface area contributed by atoms with Gasteiger partial charge in [-0.1, -0.05) is 27.7 Å². The Morgan fingerprint density at radius 3 is 2.29 bits per heavy atom. The lowest BCUT2D eigenvalue weighted by molar-refractivity contribution is -0.152. The first kappa shape index (κ1) is 24.5. The maximum Gasteiger partial charge on any atom is 0.245 e. The molecule has 1 N–H and O–H groups in total. The van der Waals surface area contributed by atoms with E-state index in [0.29, 0.717) is 23.8 Å². The Kier molecular flexibility index (Phi) is 8.06. The predicted molar refractivity (Wildman–Crippen MR) is 126 cm³/mol. The Hall–Kier alpha value is -1.14. The van der Waals surface area contributed by atoms with Crippen LogP contribution in [0.5, 0.6) is 0 Å². The van der Waals surface area contributed by atoms with Crippen molar-refractivity contribution in [2.45, 2.75) is 78.3 Å². The number of nitrogens with one attached hydrogen (secondary N) is 1. The van der Waals surface area contributed by atoms with Gasteiger partial charge in [-0.25, -0.2) is 0 Å². The molecule has 6 heteroatoms. The normalized spacial score (nSPS) is 27.3. The average Bonchev–Trinajstić information content (AvgIpc) is 2.70. The number of amides is 2. The van der Waals surface area contributed by atoms with Crippen molar-refractivity contribution < 1.29 is 9.59 Å². The molecule has 1 saturated carbocycles. The molecular formula is C25H46N4O2. The van der Waals surface area contributed by atoms with Crippen LogP contribution in [0.25, 0.3) is 0 Å². The number of piperidine rings is 1. The Morgan fingerprint density at radius 1 is 1.10 bits per heavy atom. The highest BCUT2D eigenvalue weighted by Crippen LogP contribution is 2.53. The Bertz CT molecular complexity index is 625. The highest BCUT2D eigenvalue weighted by Gasteiger charge is 2.49. The fourth-order valence-electron chi connectivity index (χ4n) is 6.05. The number of carbonyl (C=O) groups excluding carboxylic acids is 2. The van der Waals surface area contributed by atoms with Crippen LogP contribution in [0.2, 0.25) is 0 Å². The molecule has 31 heavy (non-hydrogen) atoms. The topological polar surface area (TPSA) is 55.9 Å². The maximum absolute atomic E-state index is 13.7. The van der Waals surface area contributed by atoms with Crippen molar-refractivity contribution in [1.29, 1.82) is 0 Å². The van der Waals surface area contributed by atoms with Gasteiger partial charge >= 0.3 is 0 Å². The van der Waals surface area contributed by atoms with Crippen LogP contribution in [0.4, 0.5) is 0 Å². The number of likely N-dealkylation sites (tertiary alicyclic amines) is 1. The third-order valence-corrected chi connectivity index (χ3v) is 7.90. The molecule has 1 aliphatic carbocycles. The van der Waals surface area contributed by atoms with Crippen molar-refractivity contribution in [3.05, 3.63) is 0 Å². The van der Waals surface area contributed by atoms with Gasteiger partial charge in [0.05, 0.1) is 6.04 Å². The van der Waals surface area contributed by atoms with E-state index in [1.54, 1.807) is 0 Å². The zero-order valence-electron chi connectivity index (χ0n) is 20.8. The summed E-state index contributed by atoms with van der Waals surface area (Å²) >= 11 is 0. The van der Waals surface area contributed by atoms with Crippen molar-refractivity contribution in [1.82, 2.24) is 20.0 Å². The van der Waals surface area contributed by atoms with Gasteiger partial charge in [-0.3, -0.25) is 9.59 Å². The average molecular weight is 435 g/mol. The van der Waals surface area contributed by atoms with Crippen LogP contribution >= 0.6 is 0 Å². The molecule has 3 fully saturated rings. The highest BCUT2D eigenvalue weighted by molar-refractivity contribution is 5.90. The molecule has 1 spiro atoms. The largest absolute Gasteiger partial charge is 0.341 e. The van der Waals surface area contributed by atoms with Crippen LogP contribution in [0, 0.1) is 23.2 Å². The van der Waals surface area contributed by atoms with Gasteiger partial charge in [0.25, 0.3) is 0 Å². The van der Waals surface area contributed by atoms with Crippen molar-refractivity contribution in [2.24, 2.45) is 23.2 Å². The SMILES string of the molecule is CC(C)CC(C(=O)N1CCC2(CCC2CN(C)C)CC1)N1CCN[C@@H](CC(C)C)C1=O. The molecule has 0 aromatic rings. The standard InChI is InChI=1S/C25H46N4O2/c1-18(2)15-21-23(30)29(14-11-26-21)22(16-19(3)4)24(31)28-12-9-25(10-13-28)8-7-20(25)17-27(5)6/h18-22,26H,7-17H2,1-6H3/t20?,21-,22?/m0/s1. The first-order chi connectivity index (χ1) is 14.6. The summed E-state index contributed by atoms with van der Waals surface area (Å²) in [5.41, 5.74) is 0.446. The summed E-state index contributed by atoms with van der Waals surface area (Å²) in [6.07, 6.45) is 6.47. The monoisotopic (exact) mass is 434 g/mol. The van der Waals surface area contributed by atoms with Gasteiger partial charge in [-0.15, -0.1) is 0 Å². The zero-order valence-corrected chi connectivity index (χ0v) is 20.8. The lowest BCUT2D eigenvalue weighted by Gasteiger charge is -2.55. The molecule has 0 radical (unpaired) electrons. The van der Waals surface area contributed by atoms with Crippen LogP contribution in [0.1, 0.15) is 66.2 Å². The lowest BCUT2D eigenvalue weighted by Crippen LogP contribution is -2.62. The number of piperazine rings is 1. The highest BCUT2D eigenvalue weighted by atomic mass is 16.2. The predicted octanol–water partition coefficient (Wildman–Crippen LogP) is 2.83. The molecule has 3 aliphatic rings. The summed E-state index contributed by atoms with van der Waals surface area (Å²) in [5.74, 6) is 1.92. The summed E-state index contributed by atoms with van der Waals surface area (Å²) in [4.78, 5) is 33.3. The van der Waals surface area contributed by atoms with E-state index in [1.807, 2.05) is 4.90 Å². The first-order valence-electron chi connectivity index (χ1n) is 12.6. The minimum atomic E-state index is -0.308. The quantitative estimate of drug-likeness (QED) is 0.638. The van der Waals surface area contributed by atoms with E-state index in [9.17, 15) is 9.59 Å². The second kappa shape index (κ2) is 10.2. The van der Waals surface area contributed by atoms with Gasteiger partial charge in [-0.2, -0.15) is 0 Å². The van der Waals surface area contributed by atoms with E-state index >= 15 is 0 Å². The van der Waals surface area contributed by atoms with Gasteiger partial charge in [0.2, 0.25) is 11.8 Å². The number of nitrogens with zero attached hydrogens (tertiary/aromatic N) is 3. The molecule has 0 aromatic carbocycles. The lowest BCUT2D eigenvalue weighted by atomic mass is 9.55. The van der Waals surface area contributed by atoms with Crippen molar-refractivity contribution in [2.75, 3.05) is 46.8 Å². The Balaban J connectivity index is 1.66. The van der Waals surface area contributed by atoms with Crippen molar-refractivity contribution >= 4 is 11.8 Å². The van der Waals surface area contributed by atoms with Crippen LogP contribution < -0.4 is 5.32 Å². The fourth-order valence-corrected chi connectivity index (χ4v) is 6.05. The number of rotatable bonds is 8. The second-order valence-electron chi connectivity index (χ2n) is 11.5. The van der Waals surface area contributed by atoms with E-state index < -0.39 is 0 Å². The van der Waals surface area contributed by atoms with Gasteiger partial charge in [0.1, 0.15) is 6.04 Å². The van der Waals surface area contributed by atoms with E-state index in [1.165, 1.54) is 12.8 Å². The summed E-state index contributed by atoms with van der Waals surface area (Å²) in [6, 6.07) is -0.458. The molecule has 6 nitrogen and oxygen atoms in total. The summed E-state index contributed by atoms with van der Waals surface area (Å²) < 4.78 is 0. The summed E-state index contributed by atoms with van der Waals surface area (Å²) in [7, 11) is 4.33. The Labute approximate surface area is 190 Å². The van der Waals surface area contributed by atoms with Gasteiger partial charge in [0.15, 0.2) is 0 Å². The number of hydrogen-bond donors (Lipinski definition) is 1. The zero-order chi connectivity index (χ0) is 22.8. The molecule has 2 unspecified atom stereocenters. The van der Waals surface area contributed by atoms with Gasteiger partial charge in [-0.05, 0) is 75.8 Å². The summed E-state index contributed by atoms with van der Waals surface area (Å²) in [6.45, 7) is 12.9. The Morgan fingerprint density at radius 2 is 1.77 bits per heavy atom. The summed E-state index contributed by atoms with van der Waals surface area (Å²) in [5, 5.41) is 3.38. The molecule has 2 aliphatic heterocycles. The third-order valence-electron chi connectivity index (χ3n) is 7.90. The second-order valence-corrected chi connectivity index (χ2v) is 11.5. The van der Waals surface area contributed by atoms with Crippen LogP contribution in [0.15, 0.2) is 0 Å². The number of carbonyl (C=O) groups is 2. The fraction of sp³-hybridized carbons (Fsp3) is 0.920. The minimum Gasteiger partial charge on any atom is -0.341 e. The first-order valence-corrected chi connectivity index (χ1v) is 12.6. The maximum atomic E-state index is 13.7. The van der Waals surface area contributed by atoms with Gasteiger partial charge in [0, 0.05) is 32.7 Å². The third kappa shape index (κ3) is 5.62. The van der Waals surface area contributed by atoms with E-state index in [-0.39, 0.29) is 23.9 Å². The van der Waals surface area contributed by atoms with Crippen LogP contribution in [0.3, 0.4) is 0 Å². The van der Waals surface area contributed by atoms with Crippen molar-refractivity contribution in [3.8, 4) is 0 Å². The molecular weight excluding hydrogens is 388 g/mol.